The molecule has 0 saturated carbocycles. The Kier molecular flexibility index (Phi) is 16.0. The second-order valence-electron chi connectivity index (χ2n) is 12.0. The third-order valence-corrected chi connectivity index (χ3v) is 8.21. The molecule has 2 aromatic carbocycles. The topological polar surface area (TPSA) is 257 Å². The van der Waals surface area contributed by atoms with Gasteiger partial charge in [0.1, 0.15) is 17.6 Å². The van der Waals surface area contributed by atoms with Gasteiger partial charge in [0.15, 0.2) is 5.76 Å². The Morgan fingerprint density at radius 2 is 1.70 bits per heavy atom. The number of carboxylic acids is 2. The number of ether oxygens (including phenoxy) is 1. The minimum Gasteiger partial charge on any atom is -0.493 e. The summed E-state index contributed by atoms with van der Waals surface area (Å²) in [5.74, 6) is -6.37. The van der Waals surface area contributed by atoms with E-state index in [4.69, 9.17) is 24.8 Å². The highest BCUT2D eigenvalue weighted by Crippen LogP contribution is 2.29. The van der Waals surface area contributed by atoms with Crippen molar-refractivity contribution in [2.45, 2.75) is 71.4 Å². The van der Waals surface area contributed by atoms with Crippen molar-refractivity contribution in [1.82, 2.24) is 21.0 Å². The Balaban J connectivity index is 1.69. The maximum atomic E-state index is 13.5. The van der Waals surface area contributed by atoms with Gasteiger partial charge in [-0.25, -0.2) is 9.59 Å². The van der Waals surface area contributed by atoms with Crippen molar-refractivity contribution in [2.24, 2.45) is 5.92 Å². The maximum absolute atomic E-state index is 13.5. The van der Waals surface area contributed by atoms with Crippen molar-refractivity contribution >= 4 is 47.7 Å². The first kappa shape index (κ1) is 42.0. The molecule has 0 saturated heterocycles. The van der Waals surface area contributed by atoms with Gasteiger partial charge in [-0.05, 0) is 62.2 Å². The molecule has 290 valence electrons. The molecule has 0 bridgehead atoms. The smallest absolute Gasteiger partial charge is 0.363 e. The van der Waals surface area contributed by atoms with Gasteiger partial charge in [-0.2, -0.15) is 5.06 Å². The molecular formula is C37H45N5O12. The quantitative estimate of drug-likeness (QED) is 0.0282. The Bertz CT molecular complexity index is 1810. The van der Waals surface area contributed by atoms with Crippen molar-refractivity contribution in [1.29, 1.82) is 0 Å². The van der Waals surface area contributed by atoms with E-state index < -0.39 is 60.1 Å². The molecule has 0 spiro atoms. The van der Waals surface area contributed by atoms with Crippen molar-refractivity contribution in [3.8, 4) is 17.1 Å². The van der Waals surface area contributed by atoms with Gasteiger partial charge in [-0.1, -0.05) is 45.2 Å². The van der Waals surface area contributed by atoms with Crippen LogP contribution in [0.3, 0.4) is 0 Å². The molecule has 4 amide bonds. The third-order valence-electron chi connectivity index (χ3n) is 8.21. The Hall–Kier alpha value is -6.39. The van der Waals surface area contributed by atoms with Crippen LogP contribution < -0.4 is 26.4 Å². The van der Waals surface area contributed by atoms with Crippen molar-refractivity contribution in [3.05, 3.63) is 71.5 Å². The number of hydroxylamine groups is 2. The van der Waals surface area contributed by atoms with E-state index in [9.17, 15) is 38.7 Å². The number of amides is 4. The normalized spacial score (nSPS) is 12.4. The van der Waals surface area contributed by atoms with Crippen LogP contribution in [0.5, 0.6) is 5.75 Å². The van der Waals surface area contributed by atoms with Crippen molar-refractivity contribution in [3.63, 3.8) is 0 Å². The van der Waals surface area contributed by atoms with Crippen LogP contribution in [-0.2, 0) is 24.0 Å². The minimum absolute atomic E-state index is 0.0494. The van der Waals surface area contributed by atoms with Gasteiger partial charge in [0.2, 0.25) is 12.3 Å². The number of nitrogens with one attached hydrogen (secondary N) is 3. The lowest BCUT2D eigenvalue weighted by Gasteiger charge is -2.31. The zero-order chi connectivity index (χ0) is 39.8. The molecule has 7 N–H and O–H groups in total. The fraction of sp³-hybridized carbons (Fsp3) is 0.378. The van der Waals surface area contributed by atoms with Crippen LogP contribution in [0.4, 0.5) is 5.69 Å². The summed E-state index contributed by atoms with van der Waals surface area (Å²) in [5, 5.41) is 26.5. The first-order valence-corrected chi connectivity index (χ1v) is 17.3. The first-order chi connectivity index (χ1) is 25.8. The number of furan rings is 1. The molecule has 0 fully saturated rings. The molecule has 0 aliphatic heterocycles. The fourth-order valence-corrected chi connectivity index (χ4v) is 5.53. The van der Waals surface area contributed by atoms with E-state index in [1.807, 2.05) is 6.92 Å². The van der Waals surface area contributed by atoms with Gasteiger partial charge in [-0.15, -0.1) is 0 Å². The van der Waals surface area contributed by atoms with Crippen LogP contribution in [0.25, 0.3) is 11.3 Å². The average Bonchev–Trinajstić information content (AvgIpc) is 3.64. The molecule has 3 rings (SSSR count). The summed E-state index contributed by atoms with van der Waals surface area (Å²) in [4.78, 5) is 92.1. The predicted molar refractivity (Wildman–Crippen MR) is 193 cm³/mol. The van der Waals surface area contributed by atoms with Crippen molar-refractivity contribution in [2.75, 3.05) is 19.0 Å². The lowest BCUT2D eigenvalue weighted by Crippen LogP contribution is -2.49. The van der Waals surface area contributed by atoms with Crippen LogP contribution in [0.2, 0.25) is 0 Å². The predicted octanol–water partition coefficient (Wildman–Crippen LogP) is 3.59. The maximum Gasteiger partial charge on any atom is 0.363 e. The monoisotopic (exact) mass is 751 g/mol. The zero-order valence-electron chi connectivity index (χ0n) is 30.2. The summed E-state index contributed by atoms with van der Waals surface area (Å²) < 4.78 is 11.3. The van der Waals surface area contributed by atoms with Crippen LogP contribution in [0.15, 0.2) is 59.0 Å². The number of carbonyl (C=O) groups excluding carboxylic acids is 5. The van der Waals surface area contributed by atoms with Crippen molar-refractivity contribution < 1.29 is 57.8 Å². The summed E-state index contributed by atoms with van der Waals surface area (Å²) in [6.07, 6.45) is 2.53. The van der Waals surface area contributed by atoms with Gasteiger partial charge in [0.05, 0.1) is 42.8 Å². The number of carboxylic acid groups (broad SMARTS) is 2. The van der Waals surface area contributed by atoms with Gasteiger partial charge in [0, 0.05) is 11.3 Å². The number of nitrogens with two attached hydrogens (primary N) is 1. The number of carbonyl (C=O) groups is 7. The molecule has 0 aliphatic carbocycles. The molecular weight excluding hydrogens is 706 g/mol. The fourth-order valence-electron chi connectivity index (χ4n) is 5.53. The van der Waals surface area contributed by atoms with Crippen LogP contribution in [-0.4, -0.2) is 82.7 Å². The van der Waals surface area contributed by atoms with Crippen LogP contribution in [0, 0.1) is 5.92 Å². The zero-order valence-corrected chi connectivity index (χ0v) is 30.2. The Labute approximate surface area is 311 Å². The molecule has 0 aliphatic rings. The van der Waals surface area contributed by atoms with E-state index >= 15 is 0 Å². The molecule has 3 atom stereocenters. The highest BCUT2D eigenvalue weighted by Gasteiger charge is 2.34. The molecule has 17 nitrogen and oxygen atoms in total. The van der Waals surface area contributed by atoms with E-state index in [-0.39, 0.29) is 48.1 Å². The molecule has 1 heterocycles. The third kappa shape index (κ3) is 11.8. The molecule has 17 heteroatoms. The highest BCUT2D eigenvalue weighted by atomic mass is 16.7. The van der Waals surface area contributed by atoms with E-state index in [2.05, 4.69) is 16.0 Å². The second kappa shape index (κ2) is 20.6. The van der Waals surface area contributed by atoms with E-state index in [1.54, 1.807) is 26.0 Å². The summed E-state index contributed by atoms with van der Waals surface area (Å²) in [5.41, 5.74) is 6.59. The van der Waals surface area contributed by atoms with Gasteiger partial charge < -0.3 is 45.9 Å². The van der Waals surface area contributed by atoms with Gasteiger partial charge in [-0.3, -0.25) is 24.0 Å². The lowest BCUT2D eigenvalue weighted by atomic mass is 9.90. The standard InChI is InChI=1S/C37H45N5O12/c1-4-7-8-12-25(28(5-2)42(21-43)54-37(51)23-10-9-11-24(38)17-23)33(46)39-20-40-35(48)30-16-15-29(53-30)22-13-14-26(31(18-22)52-6-3)34(47)41-27(36(49)50)19-32(44)45/h9-11,13-18,21,25,27-28H,4-8,12,19-20,38H2,1-3H3,(H,39,46)(H,40,48)(H,41,47)(H,44,45)(H,49,50)/t25-,27+,28?/m1/s1. The second-order valence-corrected chi connectivity index (χ2v) is 12.0. The minimum atomic E-state index is -1.67. The van der Waals surface area contributed by atoms with E-state index in [0.29, 0.717) is 30.5 Å². The van der Waals surface area contributed by atoms with Gasteiger partial charge >= 0.3 is 17.9 Å². The summed E-state index contributed by atoms with van der Waals surface area (Å²) in [7, 11) is 0. The first-order valence-electron chi connectivity index (χ1n) is 17.3. The highest BCUT2D eigenvalue weighted by molar-refractivity contribution is 6.00. The number of hydrogen-bond donors (Lipinski definition) is 6. The van der Waals surface area contributed by atoms with Gasteiger partial charge in [0.25, 0.3) is 11.8 Å². The number of unbranched alkanes of at least 4 members (excludes halogenated alkanes) is 2. The number of aliphatic carboxylic acids is 2. The molecule has 3 aromatic rings. The number of nitrogen functional groups attached to an aromatic ring is 1. The summed E-state index contributed by atoms with van der Waals surface area (Å²) in [6.45, 7) is 5.26. The SMILES string of the molecule is CCCCC[C@@H](C(=O)NCNC(=O)c1ccc(-c2ccc(C(=O)N[C@@H](CC(=O)O)C(=O)O)c(OCC)c2)o1)C(CC)N(C=O)OC(=O)c1cccc(N)c1. The summed E-state index contributed by atoms with van der Waals surface area (Å²) in [6, 6.07) is 10.7. The Morgan fingerprint density at radius 1 is 0.944 bits per heavy atom. The number of nitrogens with zero attached hydrogens (tertiary/aromatic N) is 1. The number of anilines is 1. The average molecular weight is 752 g/mol. The molecule has 1 unspecified atom stereocenters. The lowest BCUT2D eigenvalue weighted by molar-refractivity contribution is -0.171. The number of hydrogen-bond acceptors (Lipinski definition) is 11. The number of benzene rings is 2. The van der Waals surface area contributed by atoms with E-state index in [1.165, 1.54) is 42.5 Å². The summed E-state index contributed by atoms with van der Waals surface area (Å²) >= 11 is 0. The van der Waals surface area contributed by atoms with Crippen LogP contribution in [0.1, 0.15) is 90.6 Å². The molecule has 54 heavy (non-hydrogen) atoms. The molecule has 0 radical (unpaired) electrons. The number of rotatable bonds is 22. The van der Waals surface area contributed by atoms with E-state index in [0.717, 1.165) is 17.9 Å². The van der Waals surface area contributed by atoms with Crippen LogP contribution >= 0.6 is 0 Å². The largest absolute Gasteiger partial charge is 0.493 e. The Morgan fingerprint density at radius 3 is 2.33 bits per heavy atom. The molecule has 1 aromatic heterocycles.